The third-order valence-corrected chi connectivity index (χ3v) is 3.38. The van der Waals surface area contributed by atoms with Gasteiger partial charge in [-0.1, -0.05) is 13.3 Å². The van der Waals surface area contributed by atoms with E-state index in [1.807, 2.05) is 6.92 Å². The standard InChI is InChI=1S/C12H22N2O3/c1-2-13-7-4-10(15)14-9-12(5-3-6-12)8-11(16)17/h13H,2-9H2,1H3,(H,14,15)(H,16,17). The quantitative estimate of drug-likeness (QED) is 0.549. The summed E-state index contributed by atoms with van der Waals surface area (Å²) in [7, 11) is 0. The van der Waals surface area contributed by atoms with Gasteiger partial charge in [0.1, 0.15) is 0 Å². The van der Waals surface area contributed by atoms with Crippen molar-refractivity contribution in [1.82, 2.24) is 10.6 Å². The molecule has 1 fully saturated rings. The predicted molar refractivity (Wildman–Crippen MR) is 64.7 cm³/mol. The first kappa shape index (κ1) is 14.0. The number of rotatable bonds is 8. The summed E-state index contributed by atoms with van der Waals surface area (Å²) < 4.78 is 0. The van der Waals surface area contributed by atoms with E-state index in [2.05, 4.69) is 10.6 Å². The Balaban J connectivity index is 2.23. The second-order valence-electron chi connectivity index (χ2n) is 4.80. The number of aliphatic carboxylic acids is 1. The van der Waals surface area contributed by atoms with Crippen molar-refractivity contribution in [3.63, 3.8) is 0 Å². The molecule has 1 aliphatic carbocycles. The zero-order valence-corrected chi connectivity index (χ0v) is 10.4. The molecule has 98 valence electrons. The molecule has 0 aromatic carbocycles. The number of carbonyl (C=O) groups excluding carboxylic acids is 1. The highest BCUT2D eigenvalue weighted by atomic mass is 16.4. The van der Waals surface area contributed by atoms with E-state index in [-0.39, 0.29) is 17.7 Å². The van der Waals surface area contributed by atoms with Gasteiger partial charge in [-0.05, 0) is 24.8 Å². The Morgan fingerprint density at radius 3 is 2.53 bits per heavy atom. The van der Waals surface area contributed by atoms with Crippen molar-refractivity contribution in [2.45, 2.75) is 39.0 Å². The maximum atomic E-state index is 11.5. The molecule has 1 amide bonds. The van der Waals surface area contributed by atoms with Gasteiger partial charge in [-0.2, -0.15) is 0 Å². The van der Waals surface area contributed by atoms with Crippen molar-refractivity contribution in [3.8, 4) is 0 Å². The fraction of sp³-hybridized carbons (Fsp3) is 0.833. The van der Waals surface area contributed by atoms with E-state index in [1.165, 1.54) is 0 Å². The van der Waals surface area contributed by atoms with E-state index in [1.54, 1.807) is 0 Å². The number of carboxylic acid groups (broad SMARTS) is 1. The molecule has 1 aliphatic rings. The first-order valence-electron chi connectivity index (χ1n) is 6.27. The van der Waals surface area contributed by atoms with Crippen LogP contribution in [0.1, 0.15) is 39.0 Å². The molecule has 0 spiro atoms. The van der Waals surface area contributed by atoms with Gasteiger partial charge in [0.2, 0.25) is 5.91 Å². The molecule has 0 radical (unpaired) electrons. The third-order valence-electron chi connectivity index (χ3n) is 3.38. The number of carboxylic acids is 1. The fourth-order valence-electron chi connectivity index (χ4n) is 2.17. The Bertz CT molecular complexity index is 275. The molecule has 1 rings (SSSR count). The van der Waals surface area contributed by atoms with Gasteiger partial charge < -0.3 is 15.7 Å². The van der Waals surface area contributed by atoms with E-state index in [0.717, 1.165) is 25.8 Å². The van der Waals surface area contributed by atoms with Crippen LogP contribution in [0, 0.1) is 5.41 Å². The van der Waals surface area contributed by atoms with E-state index in [0.29, 0.717) is 19.5 Å². The number of hydrogen-bond donors (Lipinski definition) is 3. The zero-order valence-electron chi connectivity index (χ0n) is 10.4. The molecule has 0 heterocycles. The summed E-state index contributed by atoms with van der Waals surface area (Å²) in [6, 6.07) is 0. The summed E-state index contributed by atoms with van der Waals surface area (Å²) in [6.45, 7) is 4.03. The van der Waals surface area contributed by atoms with E-state index < -0.39 is 5.97 Å². The lowest BCUT2D eigenvalue weighted by Crippen LogP contribution is -2.43. The molecule has 5 nitrogen and oxygen atoms in total. The van der Waals surface area contributed by atoms with Crippen molar-refractivity contribution in [1.29, 1.82) is 0 Å². The third kappa shape index (κ3) is 4.73. The lowest BCUT2D eigenvalue weighted by atomic mass is 9.66. The van der Waals surface area contributed by atoms with Gasteiger partial charge in [0.05, 0.1) is 6.42 Å². The predicted octanol–water partition coefficient (Wildman–Crippen LogP) is 0.747. The molecular formula is C12H22N2O3. The summed E-state index contributed by atoms with van der Waals surface area (Å²) in [5, 5.41) is 14.8. The second kappa shape index (κ2) is 6.59. The van der Waals surface area contributed by atoms with Crippen molar-refractivity contribution < 1.29 is 14.7 Å². The monoisotopic (exact) mass is 242 g/mol. The fourth-order valence-corrected chi connectivity index (χ4v) is 2.17. The summed E-state index contributed by atoms with van der Waals surface area (Å²) in [6.07, 6.45) is 3.51. The summed E-state index contributed by atoms with van der Waals surface area (Å²) in [5.74, 6) is -0.769. The first-order valence-corrected chi connectivity index (χ1v) is 6.27. The van der Waals surface area contributed by atoms with Crippen LogP contribution in [0.3, 0.4) is 0 Å². The van der Waals surface area contributed by atoms with Gasteiger partial charge in [-0.15, -0.1) is 0 Å². The van der Waals surface area contributed by atoms with Crippen LogP contribution in [-0.4, -0.2) is 36.6 Å². The average molecular weight is 242 g/mol. The van der Waals surface area contributed by atoms with Gasteiger partial charge in [-0.3, -0.25) is 9.59 Å². The lowest BCUT2D eigenvalue weighted by molar-refractivity contribution is -0.141. The van der Waals surface area contributed by atoms with Gasteiger partial charge in [0.25, 0.3) is 0 Å². The number of hydrogen-bond acceptors (Lipinski definition) is 3. The highest BCUT2D eigenvalue weighted by Crippen LogP contribution is 2.43. The average Bonchev–Trinajstić information content (AvgIpc) is 2.22. The van der Waals surface area contributed by atoms with Gasteiger partial charge in [0, 0.05) is 19.5 Å². The molecule has 0 atom stereocenters. The van der Waals surface area contributed by atoms with Crippen LogP contribution in [0.25, 0.3) is 0 Å². The van der Waals surface area contributed by atoms with Crippen LogP contribution in [0.2, 0.25) is 0 Å². The second-order valence-corrected chi connectivity index (χ2v) is 4.80. The van der Waals surface area contributed by atoms with Crippen LogP contribution < -0.4 is 10.6 Å². The number of nitrogens with one attached hydrogen (secondary N) is 2. The highest BCUT2D eigenvalue weighted by molar-refractivity contribution is 5.76. The molecule has 0 aliphatic heterocycles. The topological polar surface area (TPSA) is 78.4 Å². The Hall–Kier alpha value is -1.10. The van der Waals surface area contributed by atoms with Crippen molar-refractivity contribution in [3.05, 3.63) is 0 Å². The van der Waals surface area contributed by atoms with Crippen LogP contribution in [-0.2, 0) is 9.59 Å². The Morgan fingerprint density at radius 2 is 2.06 bits per heavy atom. The van der Waals surface area contributed by atoms with E-state index in [9.17, 15) is 9.59 Å². The number of carbonyl (C=O) groups is 2. The van der Waals surface area contributed by atoms with Crippen molar-refractivity contribution >= 4 is 11.9 Å². The van der Waals surface area contributed by atoms with Crippen molar-refractivity contribution in [2.75, 3.05) is 19.6 Å². The molecule has 0 saturated heterocycles. The summed E-state index contributed by atoms with van der Waals surface area (Å²) in [4.78, 5) is 22.2. The molecule has 0 unspecified atom stereocenters. The lowest BCUT2D eigenvalue weighted by Gasteiger charge is -2.40. The highest BCUT2D eigenvalue weighted by Gasteiger charge is 2.39. The van der Waals surface area contributed by atoms with Crippen LogP contribution in [0.4, 0.5) is 0 Å². The number of amides is 1. The Labute approximate surface area is 102 Å². The van der Waals surface area contributed by atoms with E-state index >= 15 is 0 Å². The summed E-state index contributed by atoms with van der Waals surface area (Å²) >= 11 is 0. The first-order chi connectivity index (χ1) is 8.08. The molecule has 1 saturated carbocycles. The maximum Gasteiger partial charge on any atom is 0.303 e. The van der Waals surface area contributed by atoms with Crippen LogP contribution in [0.5, 0.6) is 0 Å². The molecule has 0 aromatic rings. The molecule has 0 aromatic heterocycles. The Morgan fingerprint density at radius 1 is 1.35 bits per heavy atom. The van der Waals surface area contributed by atoms with E-state index in [4.69, 9.17) is 5.11 Å². The molecule has 3 N–H and O–H groups in total. The maximum absolute atomic E-state index is 11.5. The summed E-state index contributed by atoms with van der Waals surface area (Å²) in [5.41, 5.74) is -0.181. The largest absolute Gasteiger partial charge is 0.481 e. The van der Waals surface area contributed by atoms with Gasteiger partial charge >= 0.3 is 5.97 Å². The SMILES string of the molecule is CCNCCC(=O)NCC1(CC(=O)O)CCC1. The van der Waals surface area contributed by atoms with Gasteiger partial charge in [0.15, 0.2) is 0 Å². The zero-order chi connectivity index (χ0) is 12.7. The minimum Gasteiger partial charge on any atom is -0.481 e. The molecule has 5 heteroatoms. The molecular weight excluding hydrogens is 220 g/mol. The van der Waals surface area contributed by atoms with Gasteiger partial charge in [-0.25, -0.2) is 0 Å². The molecule has 17 heavy (non-hydrogen) atoms. The Kier molecular flexibility index (Phi) is 5.41. The minimum absolute atomic E-state index is 0.00242. The van der Waals surface area contributed by atoms with Crippen molar-refractivity contribution in [2.24, 2.45) is 5.41 Å². The smallest absolute Gasteiger partial charge is 0.303 e. The van der Waals surface area contributed by atoms with Crippen LogP contribution >= 0.6 is 0 Å². The normalized spacial score (nSPS) is 17.2. The van der Waals surface area contributed by atoms with Crippen LogP contribution in [0.15, 0.2) is 0 Å². The molecule has 0 bridgehead atoms. The minimum atomic E-state index is -0.772.